The van der Waals surface area contributed by atoms with Crippen LogP contribution < -0.4 is 4.90 Å². The van der Waals surface area contributed by atoms with E-state index in [0.29, 0.717) is 25.9 Å². The minimum atomic E-state index is -4.41. The van der Waals surface area contributed by atoms with E-state index in [1.54, 1.807) is 4.90 Å². The van der Waals surface area contributed by atoms with Gasteiger partial charge < -0.3 is 9.80 Å². The summed E-state index contributed by atoms with van der Waals surface area (Å²) in [5.41, 5.74) is -0.706. The van der Waals surface area contributed by atoms with Crippen molar-refractivity contribution in [2.24, 2.45) is 5.92 Å². The van der Waals surface area contributed by atoms with Gasteiger partial charge in [-0.15, -0.1) is 0 Å². The maximum atomic E-state index is 13.1. The molecule has 2 aliphatic heterocycles. The zero-order chi connectivity index (χ0) is 17.2. The number of anilines is 1. The Morgan fingerprint density at radius 1 is 1.17 bits per heavy atom. The van der Waals surface area contributed by atoms with Gasteiger partial charge in [-0.05, 0) is 25.0 Å². The van der Waals surface area contributed by atoms with Gasteiger partial charge in [-0.1, -0.05) is 0 Å². The number of thioether (sulfide) groups is 1. The molecule has 0 unspecified atom stereocenters. The van der Waals surface area contributed by atoms with Gasteiger partial charge in [0.15, 0.2) is 0 Å². The molecule has 3 heterocycles. The van der Waals surface area contributed by atoms with E-state index in [-0.39, 0.29) is 17.6 Å². The first kappa shape index (κ1) is 17.4. The van der Waals surface area contributed by atoms with Gasteiger partial charge >= 0.3 is 6.18 Å². The maximum Gasteiger partial charge on any atom is 0.419 e. The van der Waals surface area contributed by atoms with Gasteiger partial charge in [-0.3, -0.25) is 4.79 Å². The second-order valence-electron chi connectivity index (χ2n) is 6.07. The van der Waals surface area contributed by atoms with E-state index in [0.717, 1.165) is 30.7 Å². The van der Waals surface area contributed by atoms with Gasteiger partial charge in [-0.25, -0.2) is 4.98 Å². The fraction of sp³-hybridized carbons (Fsp3) is 0.625. The predicted octanol–water partition coefficient (Wildman–Crippen LogP) is 2.89. The van der Waals surface area contributed by atoms with Crippen LogP contribution in [-0.2, 0) is 11.0 Å². The molecule has 1 aromatic rings. The average Bonchev–Trinajstić information content (AvgIpc) is 2.61. The summed E-state index contributed by atoms with van der Waals surface area (Å²) in [7, 11) is 0. The highest BCUT2D eigenvalue weighted by atomic mass is 32.2. The third kappa shape index (κ3) is 3.79. The van der Waals surface area contributed by atoms with Crippen molar-refractivity contribution in [3.8, 4) is 0 Å². The van der Waals surface area contributed by atoms with Crippen LogP contribution in [-0.4, -0.2) is 53.5 Å². The maximum absolute atomic E-state index is 13.1. The molecule has 0 saturated carbocycles. The molecule has 0 atom stereocenters. The van der Waals surface area contributed by atoms with Crippen molar-refractivity contribution in [3.63, 3.8) is 0 Å². The molecule has 2 aliphatic rings. The summed E-state index contributed by atoms with van der Waals surface area (Å²) < 4.78 is 39.4. The number of carbonyl (C=O) groups is 1. The lowest BCUT2D eigenvalue weighted by molar-refractivity contribution is -0.138. The van der Waals surface area contributed by atoms with E-state index in [9.17, 15) is 18.0 Å². The third-order valence-corrected chi connectivity index (χ3v) is 5.50. The Bertz CT molecular complexity index is 582. The number of rotatable bonds is 2. The first-order valence-electron chi connectivity index (χ1n) is 8.10. The fourth-order valence-corrected chi connectivity index (χ4v) is 4.15. The quantitative estimate of drug-likeness (QED) is 0.814. The van der Waals surface area contributed by atoms with Crippen molar-refractivity contribution in [2.75, 3.05) is 42.6 Å². The minimum absolute atomic E-state index is 0.0229. The van der Waals surface area contributed by atoms with Crippen LogP contribution in [0.2, 0.25) is 0 Å². The molecule has 4 nitrogen and oxygen atoms in total. The Hall–Kier alpha value is -1.44. The Morgan fingerprint density at radius 3 is 2.46 bits per heavy atom. The SMILES string of the molecule is O=C(C1CCN(c2ncccc2C(F)(F)F)CC1)N1CCSCC1. The van der Waals surface area contributed by atoms with E-state index in [2.05, 4.69) is 4.98 Å². The number of hydrogen-bond acceptors (Lipinski definition) is 4. The fourth-order valence-electron chi connectivity index (χ4n) is 3.25. The summed E-state index contributed by atoms with van der Waals surface area (Å²) in [5, 5.41) is 0. The second kappa shape index (κ2) is 7.21. The number of pyridine rings is 1. The van der Waals surface area contributed by atoms with E-state index >= 15 is 0 Å². The first-order chi connectivity index (χ1) is 11.5. The number of piperidine rings is 1. The van der Waals surface area contributed by atoms with Crippen LogP contribution in [0.4, 0.5) is 19.0 Å². The number of hydrogen-bond donors (Lipinski definition) is 0. The van der Waals surface area contributed by atoms with Crippen LogP contribution in [0.1, 0.15) is 18.4 Å². The summed E-state index contributed by atoms with van der Waals surface area (Å²) in [6.07, 6.45) is -1.87. The van der Waals surface area contributed by atoms with E-state index < -0.39 is 11.7 Å². The van der Waals surface area contributed by atoms with Gasteiger partial charge in [0.2, 0.25) is 5.91 Å². The van der Waals surface area contributed by atoms with E-state index in [1.165, 1.54) is 12.3 Å². The Kier molecular flexibility index (Phi) is 5.22. The Balaban J connectivity index is 1.64. The van der Waals surface area contributed by atoms with E-state index in [4.69, 9.17) is 0 Å². The standard InChI is InChI=1S/C16H20F3N3OS/c17-16(18,19)13-2-1-5-20-14(13)21-6-3-12(4-7-21)15(23)22-8-10-24-11-9-22/h1-2,5,12H,3-4,6-11H2. The molecule has 8 heteroatoms. The molecule has 2 fully saturated rings. The lowest BCUT2D eigenvalue weighted by Gasteiger charge is -2.36. The van der Waals surface area contributed by atoms with Crippen LogP contribution in [0, 0.1) is 5.92 Å². The van der Waals surface area contributed by atoms with E-state index in [1.807, 2.05) is 16.7 Å². The summed E-state index contributed by atoms with van der Waals surface area (Å²) in [4.78, 5) is 20.0. The normalized spacial score (nSPS) is 20.3. The monoisotopic (exact) mass is 359 g/mol. The first-order valence-corrected chi connectivity index (χ1v) is 9.26. The molecule has 1 amide bonds. The third-order valence-electron chi connectivity index (χ3n) is 4.56. The topological polar surface area (TPSA) is 36.4 Å². The average molecular weight is 359 g/mol. The van der Waals surface area contributed by atoms with Crippen LogP contribution in [0.15, 0.2) is 18.3 Å². The number of alkyl halides is 3. The van der Waals surface area contributed by atoms with Crippen LogP contribution >= 0.6 is 11.8 Å². The molecular weight excluding hydrogens is 339 g/mol. The molecular formula is C16H20F3N3OS. The predicted molar refractivity (Wildman–Crippen MR) is 88.1 cm³/mol. The van der Waals surface area contributed by atoms with Crippen molar-refractivity contribution < 1.29 is 18.0 Å². The number of halogens is 3. The van der Waals surface area contributed by atoms with Gasteiger partial charge in [0.05, 0.1) is 5.56 Å². The van der Waals surface area contributed by atoms with Crippen molar-refractivity contribution in [3.05, 3.63) is 23.9 Å². The summed E-state index contributed by atoms with van der Waals surface area (Å²) in [6.45, 7) is 2.42. The largest absolute Gasteiger partial charge is 0.419 e. The molecule has 24 heavy (non-hydrogen) atoms. The van der Waals surface area contributed by atoms with Crippen molar-refractivity contribution in [1.82, 2.24) is 9.88 Å². The lowest BCUT2D eigenvalue weighted by Crippen LogP contribution is -2.45. The van der Waals surface area contributed by atoms with Crippen molar-refractivity contribution in [2.45, 2.75) is 19.0 Å². The number of nitrogens with zero attached hydrogens (tertiary/aromatic N) is 3. The van der Waals surface area contributed by atoms with Crippen molar-refractivity contribution in [1.29, 1.82) is 0 Å². The Morgan fingerprint density at radius 2 is 1.83 bits per heavy atom. The molecule has 2 saturated heterocycles. The Labute approximate surface area is 143 Å². The zero-order valence-corrected chi connectivity index (χ0v) is 14.1. The van der Waals surface area contributed by atoms with Crippen molar-refractivity contribution >= 4 is 23.5 Å². The smallest absolute Gasteiger partial charge is 0.356 e. The molecule has 3 rings (SSSR count). The highest BCUT2D eigenvalue weighted by molar-refractivity contribution is 7.99. The molecule has 0 aromatic carbocycles. The van der Waals surface area contributed by atoms with Gasteiger partial charge in [0, 0.05) is 49.8 Å². The number of amides is 1. The highest BCUT2D eigenvalue weighted by Gasteiger charge is 2.37. The van der Waals surface area contributed by atoms with Crippen LogP contribution in [0.3, 0.4) is 0 Å². The molecule has 132 valence electrons. The minimum Gasteiger partial charge on any atom is -0.356 e. The number of carbonyl (C=O) groups excluding carboxylic acids is 1. The summed E-state index contributed by atoms with van der Waals surface area (Å²) >= 11 is 1.85. The molecule has 0 radical (unpaired) electrons. The highest BCUT2D eigenvalue weighted by Crippen LogP contribution is 2.36. The van der Waals surface area contributed by atoms with Crippen LogP contribution in [0.25, 0.3) is 0 Å². The molecule has 0 N–H and O–H groups in total. The second-order valence-corrected chi connectivity index (χ2v) is 7.30. The van der Waals surface area contributed by atoms with Gasteiger partial charge in [0.25, 0.3) is 0 Å². The van der Waals surface area contributed by atoms with Gasteiger partial charge in [-0.2, -0.15) is 24.9 Å². The summed E-state index contributed by atoms with van der Waals surface area (Å²) in [6, 6.07) is 2.36. The molecule has 0 bridgehead atoms. The molecule has 0 spiro atoms. The summed E-state index contributed by atoms with van der Waals surface area (Å²) in [5.74, 6) is 1.99. The molecule has 0 aliphatic carbocycles. The lowest BCUT2D eigenvalue weighted by atomic mass is 9.95. The van der Waals surface area contributed by atoms with Crippen LogP contribution in [0.5, 0.6) is 0 Å². The zero-order valence-electron chi connectivity index (χ0n) is 13.3. The number of aromatic nitrogens is 1. The van der Waals surface area contributed by atoms with Gasteiger partial charge in [0.1, 0.15) is 5.82 Å². The molecule has 1 aromatic heterocycles.